The van der Waals surface area contributed by atoms with Gasteiger partial charge in [-0.3, -0.25) is 0 Å². The average molecular weight is 264 g/mol. The number of aryl methyl sites for hydroxylation is 1. The zero-order valence-electron chi connectivity index (χ0n) is 10.2. The van der Waals surface area contributed by atoms with Gasteiger partial charge in [-0.15, -0.1) is 11.3 Å². The highest BCUT2D eigenvalue weighted by Gasteiger charge is 2.02. The minimum atomic E-state index is 0.417. The van der Waals surface area contributed by atoms with Gasteiger partial charge in [0, 0.05) is 31.0 Å². The molecule has 6 nitrogen and oxygen atoms in total. The first-order chi connectivity index (χ1) is 8.67. The van der Waals surface area contributed by atoms with Crippen molar-refractivity contribution < 1.29 is 0 Å². The van der Waals surface area contributed by atoms with Crippen LogP contribution in [0.15, 0.2) is 11.4 Å². The Morgan fingerprint density at radius 3 is 2.78 bits per heavy atom. The fourth-order valence-corrected chi connectivity index (χ4v) is 2.18. The molecule has 2 rings (SSSR count). The molecule has 0 fully saturated rings. The monoisotopic (exact) mass is 264 g/mol. The molecule has 0 unspecified atom stereocenters. The van der Waals surface area contributed by atoms with Crippen molar-refractivity contribution in [3.63, 3.8) is 0 Å². The van der Waals surface area contributed by atoms with Gasteiger partial charge in [-0.05, 0) is 6.92 Å². The minimum absolute atomic E-state index is 0.417. The van der Waals surface area contributed by atoms with E-state index >= 15 is 0 Å². The van der Waals surface area contributed by atoms with Crippen molar-refractivity contribution in [2.24, 2.45) is 5.73 Å². The first-order valence-corrected chi connectivity index (χ1v) is 6.53. The highest BCUT2D eigenvalue weighted by molar-refractivity contribution is 7.13. The molecule has 0 radical (unpaired) electrons. The van der Waals surface area contributed by atoms with Crippen LogP contribution in [0.2, 0.25) is 0 Å². The quantitative estimate of drug-likeness (QED) is 0.742. The highest BCUT2D eigenvalue weighted by atomic mass is 32.1. The Kier molecular flexibility index (Phi) is 4.06. The SMILES string of the molecule is Cc1nc(CN)cc(NCCc2csc(N)n2)n1. The van der Waals surface area contributed by atoms with Gasteiger partial charge < -0.3 is 16.8 Å². The van der Waals surface area contributed by atoms with Crippen molar-refractivity contribution in [1.82, 2.24) is 15.0 Å². The number of nitrogen functional groups attached to an aromatic ring is 1. The van der Waals surface area contributed by atoms with Crippen LogP contribution in [-0.2, 0) is 13.0 Å². The van der Waals surface area contributed by atoms with Crippen LogP contribution in [0.4, 0.5) is 10.9 Å². The molecule has 0 atom stereocenters. The molecule has 96 valence electrons. The fraction of sp³-hybridized carbons (Fsp3) is 0.364. The van der Waals surface area contributed by atoms with Crippen molar-refractivity contribution in [3.05, 3.63) is 28.7 Å². The highest BCUT2D eigenvalue weighted by Crippen LogP contribution is 2.12. The second-order valence-electron chi connectivity index (χ2n) is 3.85. The van der Waals surface area contributed by atoms with Crippen LogP contribution < -0.4 is 16.8 Å². The third kappa shape index (κ3) is 3.38. The fourth-order valence-electron chi connectivity index (χ4n) is 1.58. The van der Waals surface area contributed by atoms with Crippen molar-refractivity contribution in [2.75, 3.05) is 17.6 Å². The van der Waals surface area contributed by atoms with Crippen LogP contribution in [0.25, 0.3) is 0 Å². The van der Waals surface area contributed by atoms with Gasteiger partial charge in [0.2, 0.25) is 0 Å². The second-order valence-corrected chi connectivity index (χ2v) is 4.74. The van der Waals surface area contributed by atoms with E-state index in [4.69, 9.17) is 11.5 Å². The lowest BCUT2D eigenvalue weighted by Gasteiger charge is -2.06. The molecule has 0 aliphatic heterocycles. The zero-order chi connectivity index (χ0) is 13.0. The topological polar surface area (TPSA) is 103 Å². The van der Waals surface area contributed by atoms with Gasteiger partial charge in [0.05, 0.1) is 11.4 Å². The van der Waals surface area contributed by atoms with Gasteiger partial charge in [-0.2, -0.15) is 0 Å². The van der Waals surface area contributed by atoms with Crippen LogP contribution in [0.3, 0.4) is 0 Å². The summed E-state index contributed by atoms with van der Waals surface area (Å²) in [5.74, 6) is 1.52. The maximum Gasteiger partial charge on any atom is 0.180 e. The second kappa shape index (κ2) is 5.74. The van der Waals surface area contributed by atoms with E-state index in [0.29, 0.717) is 11.7 Å². The molecular formula is C11H16N6S. The summed E-state index contributed by atoms with van der Waals surface area (Å²) < 4.78 is 0. The van der Waals surface area contributed by atoms with Gasteiger partial charge in [-0.1, -0.05) is 0 Å². The van der Waals surface area contributed by atoms with E-state index in [0.717, 1.165) is 36.0 Å². The van der Waals surface area contributed by atoms with E-state index in [-0.39, 0.29) is 0 Å². The predicted molar refractivity (Wildman–Crippen MR) is 73.4 cm³/mol. The molecule has 7 heteroatoms. The van der Waals surface area contributed by atoms with Crippen molar-refractivity contribution in [2.45, 2.75) is 19.9 Å². The Hall–Kier alpha value is -1.73. The van der Waals surface area contributed by atoms with Crippen LogP contribution in [0.5, 0.6) is 0 Å². The lowest BCUT2D eigenvalue weighted by Crippen LogP contribution is -2.10. The Morgan fingerprint density at radius 1 is 1.28 bits per heavy atom. The van der Waals surface area contributed by atoms with E-state index in [9.17, 15) is 0 Å². The summed E-state index contributed by atoms with van der Waals surface area (Å²) >= 11 is 1.46. The summed E-state index contributed by atoms with van der Waals surface area (Å²) in [7, 11) is 0. The van der Waals surface area contributed by atoms with E-state index in [1.54, 1.807) is 0 Å². The van der Waals surface area contributed by atoms with Crippen molar-refractivity contribution in [3.8, 4) is 0 Å². The van der Waals surface area contributed by atoms with E-state index < -0.39 is 0 Å². The standard InChI is InChI=1S/C11H16N6S/c1-7-15-9(5-12)4-10(16-7)14-3-2-8-6-18-11(13)17-8/h4,6H,2-3,5,12H2,1H3,(H2,13,17)(H,14,15,16). The number of nitrogens with one attached hydrogen (secondary N) is 1. The third-order valence-corrected chi connectivity index (χ3v) is 3.08. The average Bonchev–Trinajstić information content (AvgIpc) is 2.74. The van der Waals surface area contributed by atoms with Crippen molar-refractivity contribution >= 4 is 22.3 Å². The lowest BCUT2D eigenvalue weighted by atomic mass is 10.3. The van der Waals surface area contributed by atoms with Gasteiger partial charge in [0.15, 0.2) is 5.13 Å². The summed E-state index contributed by atoms with van der Waals surface area (Å²) in [5.41, 5.74) is 13.0. The normalized spacial score (nSPS) is 10.6. The lowest BCUT2D eigenvalue weighted by molar-refractivity contribution is 0.911. The molecule has 2 aromatic rings. The summed E-state index contributed by atoms with van der Waals surface area (Å²) in [6, 6.07) is 1.86. The number of hydrogen-bond acceptors (Lipinski definition) is 7. The summed E-state index contributed by atoms with van der Waals surface area (Å²) in [6.45, 7) is 3.02. The van der Waals surface area contributed by atoms with Gasteiger partial charge in [0.1, 0.15) is 11.6 Å². The van der Waals surface area contributed by atoms with E-state index in [1.807, 2.05) is 18.4 Å². The molecule has 0 aliphatic carbocycles. The summed E-state index contributed by atoms with van der Waals surface area (Å²) in [6.07, 6.45) is 0.814. The molecule has 0 aliphatic rings. The largest absolute Gasteiger partial charge is 0.375 e. The predicted octanol–water partition coefficient (Wildman–Crippen LogP) is 0.937. The maximum absolute atomic E-state index is 5.57. The number of hydrogen-bond donors (Lipinski definition) is 3. The molecule has 0 saturated carbocycles. The Morgan fingerprint density at radius 2 is 2.11 bits per heavy atom. The van der Waals surface area contributed by atoms with Gasteiger partial charge in [0.25, 0.3) is 0 Å². The number of nitrogens with two attached hydrogens (primary N) is 2. The Balaban J connectivity index is 1.91. The molecule has 18 heavy (non-hydrogen) atoms. The number of thiazole rings is 1. The first-order valence-electron chi connectivity index (χ1n) is 5.66. The number of aromatic nitrogens is 3. The molecule has 0 bridgehead atoms. The molecule has 5 N–H and O–H groups in total. The Bertz CT molecular complexity index is 524. The van der Waals surface area contributed by atoms with Crippen LogP contribution in [-0.4, -0.2) is 21.5 Å². The number of anilines is 2. The van der Waals surface area contributed by atoms with Gasteiger partial charge >= 0.3 is 0 Å². The van der Waals surface area contributed by atoms with Crippen LogP contribution >= 0.6 is 11.3 Å². The Labute approximate surface area is 109 Å². The number of rotatable bonds is 5. The third-order valence-electron chi connectivity index (χ3n) is 2.36. The molecule has 2 heterocycles. The summed E-state index contributed by atoms with van der Waals surface area (Å²) in [4.78, 5) is 12.7. The molecular weight excluding hydrogens is 248 g/mol. The minimum Gasteiger partial charge on any atom is -0.375 e. The summed E-state index contributed by atoms with van der Waals surface area (Å²) in [5, 5.41) is 5.81. The number of nitrogens with zero attached hydrogens (tertiary/aromatic N) is 3. The van der Waals surface area contributed by atoms with E-state index in [1.165, 1.54) is 11.3 Å². The first kappa shape index (κ1) is 12.7. The van der Waals surface area contributed by atoms with E-state index in [2.05, 4.69) is 20.3 Å². The molecule has 0 spiro atoms. The van der Waals surface area contributed by atoms with Gasteiger partial charge in [-0.25, -0.2) is 15.0 Å². The molecule has 0 amide bonds. The molecule has 0 saturated heterocycles. The smallest absolute Gasteiger partial charge is 0.180 e. The van der Waals surface area contributed by atoms with Crippen molar-refractivity contribution in [1.29, 1.82) is 0 Å². The molecule has 0 aromatic carbocycles. The van der Waals surface area contributed by atoms with Crippen LogP contribution in [0, 0.1) is 6.92 Å². The van der Waals surface area contributed by atoms with Crippen LogP contribution in [0.1, 0.15) is 17.2 Å². The molecule has 2 aromatic heterocycles. The zero-order valence-corrected chi connectivity index (χ0v) is 11.0. The maximum atomic E-state index is 5.57.